The standard InChI is InChI=1S/C13H16N4S/c1-9-7-11(12-3-2-6-18-12)16-13(15-9)17-5-4-10(14)8-17/h2-3,6-7,10H,4-5,8,14H2,1H3. The molecule has 0 bridgehead atoms. The Hall–Kier alpha value is -1.46. The second-order valence-electron chi connectivity index (χ2n) is 4.67. The molecule has 2 aromatic rings. The number of hydrogen-bond acceptors (Lipinski definition) is 5. The van der Waals surface area contributed by atoms with Gasteiger partial charge in [0.2, 0.25) is 5.95 Å². The highest BCUT2D eigenvalue weighted by molar-refractivity contribution is 7.13. The van der Waals surface area contributed by atoms with Crippen LogP contribution in [0, 0.1) is 6.92 Å². The molecule has 0 amide bonds. The number of thiophene rings is 1. The molecular weight excluding hydrogens is 244 g/mol. The first-order valence-electron chi connectivity index (χ1n) is 6.12. The van der Waals surface area contributed by atoms with Crippen LogP contribution in [-0.4, -0.2) is 29.1 Å². The summed E-state index contributed by atoms with van der Waals surface area (Å²) in [5.74, 6) is 0.811. The zero-order valence-corrected chi connectivity index (χ0v) is 11.2. The number of nitrogens with zero attached hydrogens (tertiary/aromatic N) is 3. The molecule has 3 heterocycles. The first-order chi connectivity index (χ1) is 8.72. The summed E-state index contributed by atoms with van der Waals surface area (Å²) < 4.78 is 0. The SMILES string of the molecule is Cc1cc(-c2cccs2)nc(N2CCC(N)C2)n1. The van der Waals surface area contributed by atoms with E-state index in [0.29, 0.717) is 0 Å². The van der Waals surface area contributed by atoms with Gasteiger partial charge in [-0.15, -0.1) is 11.3 Å². The second-order valence-corrected chi connectivity index (χ2v) is 5.61. The normalized spacial score (nSPS) is 19.4. The van der Waals surface area contributed by atoms with Gasteiger partial charge in [0.1, 0.15) is 0 Å². The van der Waals surface area contributed by atoms with E-state index in [4.69, 9.17) is 5.73 Å². The lowest BCUT2D eigenvalue weighted by Gasteiger charge is -2.16. The van der Waals surface area contributed by atoms with Crippen LogP contribution in [0.1, 0.15) is 12.1 Å². The molecule has 94 valence electrons. The molecule has 5 heteroatoms. The molecule has 1 aliphatic heterocycles. The lowest BCUT2D eigenvalue weighted by Crippen LogP contribution is -2.27. The van der Waals surface area contributed by atoms with Gasteiger partial charge in [-0.1, -0.05) is 6.07 Å². The van der Waals surface area contributed by atoms with Crippen LogP contribution in [-0.2, 0) is 0 Å². The summed E-state index contributed by atoms with van der Waals surface area (Å²) in [5, 5.41) is 2.07. The largest absolute Gasteiger partial charge is 0.339 e. The minimum absolute atomic E-state index is 0.249. The minimum Gasteiger partial charge on any atom is -0.339 e. The van der Waals surface area contributed by atoms with Gasteiger partial charge < -0.3 is 10.6 Å². The number of hydrogen-bond donors (Lipinski definition) is 1. The molecule has 1 atom stereocenters. The molecule has 2 aromatic heterocycles. The van der Waals surface area contributed by atoms with Gasteiger partial charge in [-0.2, -0.15) is 0 Å². The predicted molar refractivity (Wildman–Crippen MR) is 74.9 cm³/mol. The van der Waals surface area contributed by atoms with E-state index >= 15 is 0 Å². The van der Waals surface area contributed by atoms with Crippen molar-refractivity contribution < 1.29 is 0 Å². The summed E-state index contributed by atoms with van der Waals surface area (Å²) >= 11 is 1.70. The van der Waals surface area contributed by atoms with Crippen LogP contribution in [0.3, 0.4) is 0 Å². The fraction of sp³-hybridized carbons (Fsp3) is 0.385. The fourth-order valence-corrected chi connectivity index (χ4v) is 2.90. The first-order valence-corrected chi connectivity index (χ1v) is 7.00. The van der Waals surface area contributed by atoms with Crippen LogP contribution >= 0.6 is 11.3 Å². The van der Waals surface area contributed by atoms with E-state index in [2.05, 4.69) is 26.3 Å². The van der Waals surface area contributed by atoms with Crippen molar-refractivity contribution in [3.8, 4) is 10.6 Å². The van der Waals surface area contributed by atoms with E-state index < -0.39 is 0 Å². The predicted octanol–water partition coefficient (Wildman–Crippen LogP) is 2.05. The van der Waals surface area contributed by atoms with Gasteiger partial charge in [-0.05, 0) is 30.9 Å². The van der Waals surface area contributed by atoms with Crippen LogP contribution in [0.15, 0.2) is 23.6 Å². The van der Waals surface area contributed by atoms with E-state index in [0.717, 1.165) is 36.8 Å². The Balaban J connectivity index is 1.96. The Labute approximate surface area is 110 Å². The van der Waals surface area contributed by atoms with Crippen molar-refractivity contribution in [2.45, 2.75) is 19.4 Å². The van der Waals surface area contributed by atoms with E-state index in [1.165, 1.54) is 4.88 Å². The number of nitrogens with two attached hydrogens (primary N) is 1. The molecule has 1 aliphatic rings. The number of anilines is 1. The highest BCUT2D eigenvalue weighted by Crippen LogP contribution is 2.25. The lowest BCUT2D eigenvalue weighted by atomic mass is 10.3. The molecule has 1 fully saturated rings. The Morgan fingerprint density at radius 3 is 3.00 bits per heavy atom. The summed E-state index contributed by atoms with van der Waals surface area (Å²) in [6, 6.07) is 6.42. The molecular formula is C13H16N4S. The third kappa shape index (κ3) is 2.23. The van der Waals surface area contributed by atoms with Crippen LogP contribution in [0.4, 0.5) is 5.95 Å². The zero-order chi connectivity index (χ0) is 12.5. The topological polar surface area (TPSA) is 55.0 Å². The molecule has 2 N–H and O–H groups in total. The molecule has 1 saturated heterocycles. The average Bonchev–Trinajstić information content (AvgIpc) is 2.98. The van der Waals surface area contributed by atoms with E-state index in [9.17, 15) is 0 Å². The summed E-state index contributed by atoms with van der Waals surface area (Å²) in [4.78, 5) is 12.5. The highest BCUT2D eigenvalue weighted by atomic mass is 32.1. The quantitative estimate of drug-likeness (QED) is 0.898. The van der Waals surface area contributed by atoms with Crippen LogP contribution < -0.4 is 10.6 Å². The number of aromatic nitrogens is 2. The fourth-order valence-electron chi connectivity index (χ4n) is 2.21. The van der Waals surface area contributed by atoms with Gasteiger partial charge >= 0.3 is 0 Å². The molecule has 0 saturated carbocycles. The summed E-state index contributed by atoms with van der Waals surface area (Å²) in [5.41, 5.74) is 7.95. The first kappa shape index (κ1) is 11.6. The maximum atomic E-state index is 5.94. The molecule has 18 heavy (non-hydrogen) atoms. The van der Waals surface area contributed by atoms with E-state index in [1.807, 2.05) is 19.1 Å². The van der Waals surface area contributed by atoms with E-state index in [-0.39, 0.29) is 6.04 Å². The molecule has 1 unspecified atom stereocenters. The molecule has 0 spiro atoms. The molecule has 0 aromatic carbocycles. The Kier molecular flexibility index (Phi) is 3.01. The molecule has 0 radical (unpaired) electrons. The Morgan fingerprint density at radius 2 is 2.33 bits per heavy atom. The van der Waals surface area contributed by atoms with Gasteiger partial charge in [0.15, 0.2) is 0 Å². The van der Waals surface area contributed by atoms with Gasteiger partial charge in [0, 0.05) is 24.8 Å². The van der Waals surface area contributed by atoms with Crippen LogP contribution in [0.5, 0.6) is 0 Å². The minimum atomic E-state index is 0.249. The van der Waals surface area contributed by atoms with Gasteiger partial charge in [0.05, 0.1) is 10.6 Å². The Bertz CT molecular complexity index is 538. The van der Waals surface area contributed by atoms with Crippen molar-refractivity contribution in [2.75, 3.05) is 18.0 Å². The van der Waals surface area contributed by atoms with Gasteiger partial charge in [0.25, 0.3) is 0 Å². The summed E-state index contributed by atoms with van der Waals surface area (Å²) in [6.45, 7) is 3.82. The van der Waals surface area contributed by atoms with Crippen molar-refractivity contribution in [2.24, 2.45) is 5.73 Å². The average molecular weight is 260 g/mol. The van der Waals surface area contributed by atoms with Gasteiger partial charge in [-0.25, -0.2) is 9.97 Å². The summed E-state index contributed by atoms with van der Waals surface area (Å²) in [6.07, 6.45) is 1.02. The van der Waals surface area contributed by atoms with Gasteiger partial charge in [-0.3, -0.25) is 0 Å². The second kappa shape index (κ2) is 4.66. The molecule has 3 rings (SSSR count). The van der Waals surface area contributed by atoms with Crippen molar-refractivity contribution in [3.05, 3.63) is 29.3 Å². The Morgan fingerprint density at radius 1 is 1.44 bits per heavy atom. The number of aryl methyl sites for hydroxylation is 1. The zero-order valence-electron chi connectivity index (χ0n) is 10.3. The number of rotatable bonds is 2. The van der Waals surface area contributed by atoms with Crippen molar-refractivity contribution >= 4 is 17.3 Å². The lowest BCUT2D eigenvalue weighted by molar-refractivity contribution is 0.750. The van der Waals surface area contributed by atoms with Crippen LogP contribution in [0.2, 0.25) is 0 Å². The highest BCUT2D eigenvalue weighted by Gasteiger charge is 2.22. The monoisotopic (exact) mass is 260 g/mol. The maximum Gasteiger partial charge on any atom is 0.226 e. The smallest absolute Gasteiger partial charge is 0.226 e. The molecule has 0 aliphatic carbocycles. The van der Waals surface area contributed by atoms with Crippen molar-refractivity contribution in [1.82, 2.24) is 9.97 Å². The van der Waals surface area contributed by atoms with Crippen LogP contribution in [0.25, 0.3) is 10.6 Å². The van der Waals surface area contributed by atoms with Crippen molar-refractivity contribution in [3.63, 3.8) is 0 Å². The van der Waals surface area contributed by atoms with E-state index in [1.54, 1.807) is 11.3 Å². The molecule has 4 nitrogen and oxygen atoms in total. The third-order valence-electron chi connectivity index (χ3n) is 3.12. The third-order valence-corrected chi connectivity index (χ3v) is 4.02. The summed E-state index contributed by atoms with van der Waals surface area (Å²) in [7, 11) is 0. The van der Waals surface area contributed by atoms with Crippen molar-refractivity contribution in [1.29, 1.82) is 0 Å². The maximum absolute atomic E-state index is 5.94.